The van der Waals surface area contributed by atoms with E-state index in [1.807, 2.05) is 12.2 Å². The normalized spacial score (nSPS) is 22.5. The van der Waals surface area contributed by atoms with Crippen LogP contribution in [0.15, 0.2) is 24.3 Å². The molecule has 1 amide bonds. The van der Waals surface area contributed by atoms with Crippen LogP contribution < -0.4 is 5.32 Å². The molecule has 53 heavy (non-hydrogen) atoms. The quantitative estimate of drug-likeness (QED) is 0.0259. The number of aliphatic hydroxyl groups excluding tert-OH is 6. The maximum atomic E-state index is 13.0. The summed E-state index contributed by atoms with van der Waals surface area (Å²) in [6.45, 7) is 3.54. The van der Waals surface area contributed by atoms with E-state index < -0.39 is 61.5 Å². The Labute approximate surface area is 322 Å². The summed E-state index contributed by atoms with van der Waals surface area (Å²) in [7, 11) is 0. The van der Waals surface area contributed by atoms with Gasteiger partial charge >= 0.3 is 0 Å². The van der Waals surface area contributed by atoms with Crippen LogP contribution in [0.1, 0.15) is 181 Å². The summed E-state index contributed by atoms with van der Waals surface area (Å²) in [5.41, 5.74) is 0. The summed E-state index contributed by atoms with van der Waals surface area (Å²) in [5, 5.41) is 64.3. The number of allylic oxidation sites excluding steroid dienone is 3. The molecule has 8 atom stereocenters. The first-order valence-electron chi connectivity index (χ1n) is 21.7. The van der Waals surface area contributed by atoms with Crippen LogP contribution in [-0.2, 0) is 14.3 Å². The lowest BCUT2D eigenvalue weighted by atomic mass is 9.99. The Kier molecular flexibility index (Phi) is 31.8. The molecule has 1 aliphatic rings. The summed E-state index contributed by atoms with van der Waals surface area (Å²) in [5.74, 6) is -0.634. The lowest BCUT2D eigenvalue weighted by Crippen LogP contribution is -2.60. The van der Waals surface area contributed by atoms with Gasteiger partial charge in [0.15, 0.2) is 6.29 Å². The highest BCUT2D eigenvalue weighted by Crippen LogP contribution is 2.22. The van der Waals surface area contributed by atoms with Crippen molar-refractivity contribution in [2.45, 2.75) is 230 Å². The Morgan fingerprint density at radius 1 is 0.660 bits per heavy atom. The predicted octanol–water partition coefficient (Wildman–Crippen LogP) is 7.30. The van der Waals surface area contributed by atoms with Gasteiger partial charge in [0.2, 0.25) is 5.91 Å². The second-order valence-corrected chi connectivity index (χ2v) is 15.3. The van der Waals surface area contributed by atoms with E-state index in [0.717, 1.165) is 32.1 Å². The molecule has 0 aliphatic carbocycles. The molecule has 1 rings (SSSR count). The molecule has 0 saturated carbocycles. The molecule has 0 radical (unpaired) electrons. The summed E-state index contributed by atoms with van der Waals surface area (Å²) >= 11 is 0. The highest BCUT2D eigenvalue weighted by molar-refractivity contribution is 5.80. The number of amides is 1. The number of nitrogens with one attached hydrogen (secondary N) is 1. The van der Waals surface area contributed by atoms with Gasteiger partial charge in [-0.2, -0.15) is 0 Å². The van der Waals surface area contributed by atoms with Crippen LogP contribution in [0.3, 0.4) is 0 Å². The van der Waals surface area contributed by atoms with Crippen molar-refractivity contribution in [2.75, 3.05) is 13.2 Å². The van der Waals surface area contributed by atoms with Gasteiger partial charge in [0.1, 0.15) is 30.5 Å². The Hall–Kier alpha value is -1.37. The SMILES string of the molecule is CCCCCCCC/C=C/C=C/[C@@H](O)[C@H](CO[C@@H]1O[C@H](CO)[C@@H](O)C(O)C1O)NC(=O)C(O)CCCCCCCCCCCCCCCCCCCC. The molecule has 10 heteroatoms. The average molecular weight is 756 g/mol. The maximum absolute atomic E-state index is 13.0. The molecule has 1 aliphatic heterocycles. The molecule has 0 bridgehead atoms. The van der Waals surface area contributed by atoms with E-state index in [2.05, 4.69) is 19.2 Å². The number of carbonyl (C=O) groups is 1. The maximum Gasteiger partial charge on any atom is 0.249 e. The summed E-state index contributed by atoms with van der Waals surface area (Å²) in [6.07, 6.45) is 28.6. The molecule has 0 spiro atoms. The standard InChI is InChI=1S/C43H81NO9/c1-3-5-7-9-11-13-15-16-17-18-19-20-21-22-24-26-28-30-32-37(47)42(51)44-35(34-52-43-41(50)40(49)39(48)38(33-45)53-43)36(46)31-29-27-25-23-14-12-10-8-6-4-2/h25,27,29,31,35-41,43,45-50H,3-24,26,28,30,32-34H2,1-2H3,(H,44,51)/b27-25+,31-29+/t35-,36+,37?,38+,39+,40?,41?,43+/m0/s1. The second-order valence-electron chi connectivity index (χ2n) is 15.3. The van der Waals surface area contributed by atoms with Gasteiger partial charge in [-0.15, -0.1) is 0 Å². The van der Waals surface area contributed by atoms with Crippen LogP contribution in [-0.4, -0.2) is 98.7 Å². The third-order valence-electron chi connectivity index (χ3n) is 10.4. The van der Waals surface area contributed by atoms with Gasteiger partial charge in [-0.05, 0) is 19.3 Å². The molecule has 312 valence electrons. The van der Waals surface area contributed by atoms with Gasteiger partial charge in [-0.3, -0.25) is 4.79 Å². The zero-order chi connectivity index (χ0) is 38.9. The van der Waals surface area contributed by atoms with Crippen LogP contribution >= 0.6 is 0 Å². The van der Waals surface area contributed by atoms with E-state index in [1.54, 1.807) is 6.08 Å². The van der Waals surface area contributed by atoms with Crippen molar-refractivity contribution >= 4 is 5.91 Å². The molecule has 7 N–H and O–H groups in total. The number of unbranched alkanes of at least 4 members (excludes halogenated alkanes) is 23. The largest absolute Gasteiger partial charge is 0.394 e. The van der Waals surface area contributed by atoms with Crippen LogP contribution in [0.2, 0.25) is 0 Å². The van der Waals surface area contributed by atoms with Crippen LogP contribution in [0.5, 0.6) is 0 Å². The monoisotopic (exact) mass is 756 g/mol. The smallest absolute Gasteiger partial charge is 0.249 e. The number of carbonyl (C=O) groups excluding carboxylic acids is 1. The molecule has 0 aromatic rings. The van der Waals surface area contributed by atoms with Crippen LogP contribution in [0, 0.1) is 0 Å². The molecule has 0 aromatic heterocycles. The molecule has 0 aromatic carbocycles. The predicted molar refractivity (Wildman–Crippen MR) is 213 cm³/mol. The van der Waals surface area contributed by atoms with E-state index in [-0.39, 0.29) is 6.61 Å². The fourth-order valence-electron chi connectivity index (χ4n) is 6.81. The molecule has 3 unspecified atom stereocenters. The molecule has 10 nitrogen and oxygen atoms in total. The van der Waals surface area contributed by atoms with Gasteiger partial charge in [0.25, 0.3) is 0 Å². The Balaban J connectivity index is 2.41. The summed E-state index contributed by atoms with van der Waals surface area (Å²) < 4.78 is 11.1. The molecule has 1 fully saturated rings. The topological polar surface area (TPSA) is 169 Å². The van der Waals surface area contributed by atoms with Gasteiger partial charge in [-0.25, -0.2) is 0 Å². The first-order chi connectivity index (χ1) is 25.8. The van der Waals surface area contributed by atoms with E-state index in [9.17, 15) is 35.4 Å². The minimum Gasteiger partial charge on any atom is -0.394 e. The molecular formula is C43H81NO9. The first-order valence-corrected chi connectivity index (χ1v) is 21.7. The number of rotatable bonds is 35. The highest BCUT2D eigenvalue weighted by Gasteiger charge is 2.44. The lowest BCUT2D eigenvalue weighted by molar-refractivity contribution is -0.302. The fraction of sp³-hybridized carbons (Fsp3) is 0.884. The highest BCUT2D eigenvalue weighted by atomic mass is 16.7. The zero-order valence-electron chi connectivity index (χ0n) is 33.6. The summed E-state index contributed by atoms with van der Waals surface area (Å²) in [6, 6.07) is -1.01. The molecule has 1 saturated heterocycles. The third-order valence-corrected chi connectivity index (χ3v) is 10.4. The van der Waals surface area contributed by atoms with Crippen molar-refractivity contribution in [3.05, 3.63) is 24.3 Å². The van der Waals surface area contributed by atoms with E-state index in [0.29, 0.717) is 12.8 Å². The van der Waals surface area contributed by atoms with Crippen molar-refractivity contribution in [1.82, 2.24) is 5.32 Å². The first kappa shape index (κ1) is 49.6. The van der Waals surface area contributed by atoms with E-state index in [4.69, 9.17) is 9.47 Å². The number of hydrogen-bond acceptors (Lipinski definition) is 9. The average Bonchev–Trinajstić information content (AvgIpc) is 3.16. The Bertz CT molecular complexity index is 901. The Morgan fingerprint density at radius 2 is 1.13 bits per heavy atom. The zero-order valence-corrected chi connectivity index (χ0v) is 33.6. The van der Waals surface area contributed by atoms with Crippen molar-refractivity contribution in [2.24, 2.45) is 0 Å². The summed E-state index contributed by atoms with van der Waals surface area (Å²) in [4.78, 5) is 13.0. The van der Waals surface area contributed by atoms with Gasteiger partial charge < -0.3 is 45.4 Å². The minimum atomic E-state index is -1.61. The van der Waals surface area contributed by atoms with Gasteiger partial charge in [-0.1, -0.05) is 186 Å². The fourth-order valence-corrected chi connectivity index (χ4v) is 6.81. The third kappa shape index (κ3) is 24.7. The number of aliphatic hydroxyl groups is 6. The lowest BCUT2D eigenvalue weighted by Gasteiger charge is -2.40. The van der Waals surface area contributed by atoms with Crippen LogP contribution in [0.4, 0.5) is 0 Å². The number of hydrogen-bond donors (Lipinski definition) is 7. The van der Waals surface area contributed by atoms with E-state index >= 15 is 0 Å². The van der Waals surface area contributed by atoms with E-state index in [1.165, 1.54) is 128 Å². The van der Waals surface area contributed by atoms with Crippen molar-refractivity contribution < 1.29 is 44.9 Å². The Morgan fingerprint density at radius 3 is 1.62 bits per heavy atom. The van der Waals surface area contributed by atoms with Gasteiger partial charge in [0.05, 0.1) is 25.4 Å². The minimum absolute atomic E-state index is 0.304. The molecule has 1 heterocycles. The van der Waals surface area contributed by atoms with Crippen LogP contribution in [0.25, 0.3) is 0 Å². The van der Waals surface area contributed by atoms with Gasteiger partial charge in [0, 0.05) is 0 Å². The van der Waals surface area contributed by atoms with Crippen molar-refractivity contribution in [3.63, 3.8) is 0 Å². The second kappa shape index (κ2) is 33.9. The van der Waals surface area contributed by atoms with Crippen molar-refractivity contribution in [3.8, 4) is 0 Å². The van der Waals surface area contributed by atoms with Crippen molar-refractivity contribution in [1.29, 1.82) is 0 Å². The number of ether oxygens (including phenoxy) is 2. The molecular weight excluding hydrogens is 674 g/mol.